The molecule has 0 amide bonds. The number of nitrogens with one attached hydrogen (secondary N) is 1. The van der Waals surface area contributed by atoms with Gasteiger partial charge in [-0.3, -0.25) is 0 Å². The fraction of sp³-hybridized carbons (Fsp3) is 0.250. The first-order valence-electron chi connectivity index (χ1n) is 7.11. The SMILES string of the molecule is COc1ccc(S(=O)(=O)NCc2cccc3c2OCCO3)cc1. The van der Waals surface area contributed by atoms with Crippen LogP contribution in [0, 0.1) is 0 Å². The molecule has 1 aliphatic heterocycles. The molecule has 2 aromatic carbocycles. The molecular formula is C16H17NO5S. The average Bonchev–Trinajstić information content (AvgIpc) is 2.60. The Balaban J connectivity index is 1.77. The Morgan fingerprint density at radius 3 is 2.57 bits per heavy atom. The molecule has 6 nitrogen and oxygen atoms in total. The minimum atomic E-state index is -3.61. The van der Waals surface area contributed by atoms with Gasteiger partial charge in [0.2, 0.25) is 10.0 Å². The number of sulfonamides is 1. The molecular weight excluding hydrogens is 318 g/mol. The third kappa shape index (κ3) is 3.40. The molecule has 23 heavy (non-hydrogen) atoms. The highest BCUT2D eigenvalue weighted by Gasteiger charge is 2.18. The van der Waals surface area contributed by atoms with Crippen molar-refractivity contribution >= 4 is 10.0 Å². The zero-order valence-corrected chi connectivity index (χ0v) is 13.4. The van der Waals surface area contributed by atoms with E-state index < -0.39 is 10.0 Å². The summed E-state index contributed by atoms with van der Waals surface area (Å²) in [6.45, 7) is 1.07. The van der Waals surface area contributed by atoms with E-state index in [1.165, 1.54) is 19.2 Å². The maximum absolute atomic E-state index is 12.3. The number of rotatable bonds is 5. The zero-order chi connectivity index (χ0) is 16.3. The van der Waals surface area contributed by atoms with Crippen LogP contribution in [0.3, 0.4) is 0 Å². The highest BCUT2D eigenvalue weighted by molar-refractivity contribution is 7.89. The van der Waals surface area contributed by atoms with E-state index >= 15 is 0 Å². The minimum Gasteiger partial charge on any atom is -0.497 e. The van der Waals surface area contributed by atoms with Gasteiger partial charge in [0.15, 0.2) is 11.5 Å². The maximum atomic E-state index is 12.3. The molecule has 1 heterocycles. The van der Waals surface area contributed by atoms with E-state index in [-0.39, 0.29) is 11.4 Å². The largest absolute Gasteiger partial charge is 0.497 e. The van der Waals surface area contributed by atoms with Crippen LogP contribution >= 0.6 is 0 Å². The summed E-state index contributed by atoms with van der Waals surface area (Å²) >= 11 is 0. The number of ether oxygens (including phenoxy) is 3. The Kier molecular flexibility index (Phi) is 4.40. The van der Waals surface area contributed by atoms with Gasteiger partial charge >= 0.3 is 0 Å². The second-order valence-corrected chi connectivity index (χ2v) is 6.71. The van der Waals surface area contributed by atoms with E-state index in [0.717, 1.165) is 5.56 Å². The van der Waals surface area contributed by atoms with Crippen molar-refractivity contribution in [2.24, 2.45) is 0 Å². The minimum absolute atomic E-state index is 0.126. The van der Waals surface area contributed by atoms with Gasteiger partial charge < -0.3 is 14.2 Å². The molecule has 2 aromatic rings. The lowest BCUT2D eigenvalue weighted by atomic mass is 10.2. The number of fused-ring (bicyclic) bond motifs is 1. The van der Waals surface area contributed by atoms with E-state index in [9.17, 15) is 8.42 Å². The Hall–Kier alpha value is -2.25. The van der Waals surface area contributed by atoms with Crippen molar-refractivity contribution in [3.05, 3.63) is 48.0 Å². The van der Waals surface area contributed by atoms with Crippen LogP contribution in [0.15, 0.2) is 47.4 Å². The second kappa shape index (κ2) is 6.47. The van der Waals surface area contributed by atoms with Gasteiger partial charge in [-0.05, 0) is 30.3 Å². The van der Waals surface area contributed by atoms with Crippen LogP contribution in [0.5, 0.6) is 17.2 Å². The molecule has 1 aliphatic rings. The summed E-state index contributed by atoms with van der Waals surface area (Å²) in [6, 6.07) is 11.6. The Morgan fingerprint density at radius 2 is 1.83 bits per heavy atom. The number of para-hydroxylation sites is 1. The van der Waals surface area contributed by atoms with Gasteiger partial charge in [-0.1, -0.05) is 12.1 Å². The van der Waals surface area contributed by atoms with Crippen molar-refractivity contribution in [2.45, 2.75) is 11.4 Å². The van der Waals surface area contributed by atoms with Gasteiger partial charge in [-0.25, -0.2) is 13.1 Å². The van der Waals surface area contributed by atoms with Crippen molar-refractivity contribution in [1.29, 1.82) is 0 Å². The first-order chi connectivity index (χ1) is 11.1. The van der Waals surface area contributed by atoms with Crippen LogP contribution in [0.25, 0.3) is 0 Å². The van der Waals surface area contributed by atoms with Crippen LogP contribution < -0.4 is 18.9 Å². The zero-order valence-electron chi connectivity index (χ0n) is 12.6. The quantitative estimate of drug-likeness (QED) is 0.904. The van der Waals surface area contributed by atoms with Gasteiger partial charge in [0.25, 0.3) is 0 Å². The van der Waals surface area contributed by atoms with Crippen molar-refractivity contribution in [1.82, 2.24) is 4.72 Å². The van der Waals surface area contributed by atoms with Gasteiger partial charge in [-0.2, -0.15) is 0 Å². The lowest BCUT2D eigenvalue weighted by Crippen LogP contribution is -2.24. The third-order valence-corrected chi connectivity index (χ3v) is 4.89. The summed E-state index contributed by atoms with van der Waals surface area (Å²) in [4.78, 5) is 0.181. The molecule has 0 saturated carbocycles. The normalized spacial score (nSPS) is 13.6. The molecule has 0 spiro atoms. The number of hydrogen-bond donors (Lipinski definition) is 1. The van der Waals surface area contributed by atoms with Crippen LogP contribution in [0.2, 0.25) is 0 Å². The Labute approximate surface area is 135 Å². The molecule has 3 rings (SSSR count). The fourth-order valence-electron chi connectivity index (χ4n) is 2.28. The first kappa shape index (κ1) is 15.6. The molecule has 0 aromatic heterocycles. The summed E-state index contributed by atoms with van der Waals surface area (Å²) in [5.74, 6) is 1.83. The maximum Gasteiger partial charge on any atom is 0.240 e. The Morgan fingerprint density at radius 1 is 1.09 bits per heavy atom. The van der Waals surface area contributed by atoms with Crippen LogP contribution in [-0.2, 0) is 16.6 Å². The van der Waals surface area contributed by atoms with E-state index in [1.807, 2.05) is 12.1 Å². The number of methoxy groups -OCH3 is 1. The number of hydrogen-bond acceptors (Lipinski definition) is 5. The van der Waals surface area contributed by atoms with Gasteiger partial charge in [-0.15, -0.1) is 0 Å². The van der Waals surface area contributed by atoms with Crippen molar-refractivity contribution < 1.29 is 22.6 Å². The summed E-state index contributed by atoms with van der Waals surface area (Å²) in [6.07, 6.45) is 0. The van der Waals surface area contributed by atoms with E-state index in [2.05, 4.69) is 4.72 Å². The summed E-state index contributed by atoms with van der Waals surface area (Å²) < 4.78 is 43.4. The van der Waals surface area contributed by atoms with Crippen molar-refractivity contribution in [2.75, 3.05) is 20.3 Å². The van der Waals surface area contributed by atoms with E-state index in [1.54, 1.807) is 18.2 Å². The van der Waals surface area contributed by atoms with Gasteiger partial charge in [0.1, 0.15) is 19.0 Å². The predicted octanol–water partition coefficient (Wildman–Crippen LogP) is 1.94. The molecule has 7 heteroatoms. The molecule has 122 valence electrons. The fourth-order valence-corrected chi connectivity index (χ4v) is 3.29. The summed E-state index contributed by atoms with van der Waals surface area (Å²) in [7, 11) is -2.08. The number of benzene rings is 2. The summed E-state index contributed by atoms with van der Waals surface area (Å²) in [5.41, 5.74) is 0.735. The van der Waals surface area contributed by atoms with Crippen molar-refractivity contribution in [3.63, 3.8) is 0 Å². The molecule has 0 aliphatic carbocycles. The van der Waals surface area contributed by atoms with Gasteiger partial charge in [0, 0.05) is 12.1 Å². The second-order valence-electron chi connectivity index (χ2n) is 4.94. The first-order valence-corrected chi connectivity index (χ1v) is 8.60. The molecule has 0 radical (unpaired) electrons. The lowest BCUT2D eigenvalue weighted by Gasteiger charge is -2.21. The topological polar surface area (TPSA) is 73.9 Å². The highest BCUT2D eigenvalue weighted by Crippen LogP contribution is 2.33. The summed E-state index contributed by atoms with van der Waals surface area (Å²) in [5, 5.41) is 0. The molecule has 0 bridgehead atoms. The Bertz CT molecular complexity index is 787. The standard InChI is InChI=1S/C16H17NO5S/c1-20-13-5-7-14(8-6-13)23(18,19)17-11-12-3-2-4-15-16(12)22-10-9-21-15/h2-8,17H,9-11H2,1H3. The average molecular weight is 335 g/mol. The smallest absolute Gasteiger partial charge is 0.240 e. The molecule has 0 unspecified atom stereocenters. The monoisotopic (exact) mass is 335 g/mol. The van der Waals surface area contributed by atoms with Crippen LogP contribution in [0.4, 0.5) is 0 Å². The molecule has 0 saturated heterocycles. The predicted molar refractivity (Wildman–Crippen MR) is 84.5 cm³/mol. The molecule has 0 fully saturated rings. The van der Waals surface area contributed by atoms with E-state index in [0.29, 0.717) is 30.5 Å². The highest BCUT2D eigenvalue weighted by atomic mass is 32.2. The molecule has 1 N–H and O–H groups in total. The third-order valence-electron chi connectivity index (χ3n) is 3.47. The van der Waals surface area contributed by atoms with Gasteiger partial charge in [0.05, 0.1) is 12.0 Å². The van der Waals surface area contributed by atoms with Crippen LogP contribution in [0.1, 0.15) is 5.56 Å². The molecule has 0 atom stereocenters. The van der Waals surface area contributed by atoms with Crippen molar-refractivity contribution in [3.8, 4) is 17.2 Å². The van der Waals surface area contributed by atoms with E-state index in [4.69, 9.17) is 14.2 Å². The lowest BCUT2D eigenvalue weighted by molar-refractivity contribution is 0.170. The van der Waals surface area contributed by atoms with Crippen LogP contribution in [-0.4, -0.2) is 28.7 Å².